The van der Waals surface area contributed by atoms with Crippen molar-refractivity contribution in [1.29, 1.82) is 0 Å². The van der Waals surface area contributed by atoms with Gasteiger partial charge in [0, 0.05) is 40.5 Å². The Balaban J connectivity index is 0.000000126. The SMILES string of the molecule is C.Cc1ccc2c3c1O[C@H]1C(=O)CCC4[C@@H](C2)N(C)CC[C@@]341.Cc1ccc2c3c1O[C@H]1[C@@H](O)CCC4[C@@H](C2)N(C)CC[C@@]341. The number of ketones is 1. The van der Waals surface area contributed by atoms with E-state index in [0.29, 0.717) is 36.1 Å². The molecule has 2 unspecified atom stereocenters. The monoisotopic (exact) mass is 584 g/mol. The molecule has 2 aromatic carbocycles. The highest BCUT2D eigenvalue weighted by Gasteiger charge is 2.66. The molecule has 1 N–H and O–H groups in total. The first kappa shape index (κ1) is 28.1. The van der Waals surface area contributed by atoms with E-state index in [9.17, 15) is 9.90 Å². The minimum absolute atomic E-state index is 0. The molecule has 4 heterocycles. The van der Waals surface area contributed by atoms with Crippen LogP contribution < -0.4 is 9.47 Å². The molecule has 2 aromatic rings. The van der Waals surface area contributed by atoms with Crippen LogP contribution >= 0.6 is 0 Å². The molecule has 8 aliphatic rings. The van der Waals surface area contributed by atoms with E-state index in [1.54, 1.807) is 0 Å². The van der Waals surface area contributed by atoms with Crippen molar-refractivity contribution in [3.63, 3.8) is 0 Å². The van der Waals surface area contributed by atoms with Crippen LogP contribution in [0.15, 0.2) is 24.3 Å². The van der Waals surface area contributed by atoms with Crippen LogP contribution in [0, 0.1) is 25.7 Å². The Morgan fingerprint density at radius 1 is 0.791 bits per heavy atom. The van der Waals surface area contributed by atoms with Crippen LogP contribution in [0.25, 0.3) is 0 Å². The Morgan fingerprint density at radius 2 is 1.35 bits per heavy atom. The molecule has 230 valence electrons. The zero-order valence-electron chi connectivity index (χ0n) is 25.5. The summed E-state index contributed by atoms with van der Waals surface area (Å²) in [7, 11) is 4.52. The fraction of sp³-hybridized carbons (Fsp3) is 0.649. The number of Topliss-reactive ketones (excluding diaryl/α,β-unsaturated/α-hetero) is 1. The molecule has 0 radical (unpaired) electrons. The topological polar surface area (TPSA) is 62.2 Å². The van der Waals surface area contributed by atoms with E-state index in [4.69, 9.17) is 9.47 Å². The second-order valence-electron chi connectivity index (χ2n) is 15.0. The fourth-order valence-corrected chi connectivity index (χ4v) is 11.5. The smallest absolute Gasteiger partial charge is 0.174 e. The van der Waals surface area contributed by atoms with Gasteiger partial charge in [0.1, 0.15) is 17.6 Å². The quantitative estimate of drug-likeness (QED) is 0.476. The van der Waals surface area contributed by atoms with Crippen molar-refractivity contribution >= 4 is 5.78 Å². The maximum Gasteiger partial charge on any atom is 0.174 e. The van der Waals surface area contributed by atoms with E-state index in [1.165, 1.54) is 33.4 Å². The lowest BCUT2D eigenvalue weighted by atomic mass is 9.51. The molecular weight excluding hydrogens is 536 g/mol. The lowest BCUT2D eigenvalue weighted by Gasteiger charge is -2.58. The van der Waals surface area contributed by atoms with Crippen LogP contribution in [0.3, 0.4) is 0 Å². The van der Waals surface area contributed by atoms with Crippen LogP contribution in [0.1, 0.15) is 79.3 Å². The first-order valence-electron chi connectivity index (χ1n) is 16.5. The maximum absolute atomic E-state index is 12.6. The highest BCUT2D eigenvalue weighted by atomic mass is 16.5. The van der Waals surface area contributed by atoms with E-state index in [-0.39, 0.29) is 36.6 Å². The Morgan fingerprint density at radius 3 is 2.00 bits per heavy atom. The Kier molecular flexibility index (Phi) is 6.08. The molecule has 4 aliphatic carbocycles. The third kappa shape index (κ3) is 3.33. The van der Waals surface area contributed by atoms with Gasteiger partial charge in [-0.15, -0.1) is 0 Å². The van der Waals surface area contributed by atoms with Crippen LogP contribution in [0.4, 0.5) is 0 Å². The number of likely N-dealkylation sites (N-methyl/N-ethyl adjacent to an activating group) is 2. The molecule has 4 bridgehead atoms. The van der Waals surface area contributed by atoms with Crippen molar-refractivity contribution in [2.24, 2.45) is 11.8 Å². The van der Waals surface area contributed by atoms with Gasteiger partial charge in [0.05, 0.1) is 6.10 Å². The van der Waals surface area contributed by atoms with Gasteiger partial charge in [-0.05, 0) is 120 Å². The van der Waals surface area contributed by atoms with Gasteiger partial charge >= 0.3 is 0 Å². The number of likely N-dealkylation sites (tertiary alicyclic amines) is 2. The molecule has 0 amide bonds. The molecule has 4 fully saturated rings. The number of aryl methyl sites for hydroxylation is 2. The van der Waals surface area contributed by atoms with Crippen LogP contribution in [-0.2, 0) is 28.5 Å². The number of piperidine rings is 2. The second-order valence-corrected chi connectivity index (χ2v) is 15.0. The number of rotatable bonds is 0. The van der Waals surface area contributed by atoms with E-state index in [0.717, 1.165) is 69.5 Å². The van der Waals surface area contributed by atoms with Gasteiger partial charge in [-0.2, -0.15) is 0 Å². The van der Waals surface area contributed by atoms with Gasteiger partial charge in [-0.25, -0.2) is 0 Å². The number of nitrogens with zero attached hydrogens (tertiary/aromatic N) is 2. The largest absolute Gasteiger partial charge is 0.486 e. The summed E-state index contributed by atoms with van der Waals surface area (Å²) >= 11 is 0. The van der Waals surface area contributed by atoms with Crippen LogP contribution in [0.5, 0.6) is 11.5 Å². The molecule has 2 spiro atoms. The summed E-state index contributed by atoms with van der Waals surface area (Å²) in [6, 6.07) is 10.2. The first-order chi connectivity index (χ1) is 20.3. The highest BCUT2D eigenvalue weighted by Crippen LogP contribution is 2.63. The summed E-state index contributed by atoms with van der Waals surface area (Å²) in [5, 5.41) is 10.6. The predicted molar refractivity (Wildman–Crippen MR) is 167 cm³/mol. The summed E-state index contributed by atoms with van der Waals surface area (Å²) in [4.78, 5) is 17.6. The highest BCUT2D eigenvalue weighted by molar-refractivity contribution is 5.89. The molecule has 4 aliphatic heterocycles. The predicted octanol–water partition coefficient (Wildman–Crippen LogP) is 4.89. The van der Waals surface area contributed by atoms with Crippen molar-refractivity contribution < 1.29 is 19.4 Å². The Hall–Kier alpha value is -2.41. The third-order valence-electron chi connectivity index (χ3n) is 13.4. The number of hydrogen-bond donors (Lipinski definition) is 1. The molecule has 9 atom stereocenters. The van der Waals surface area contributed by atoms with Crippen molar-refractivity contribution in [2.45, 2.75) is 114 Å². The normalized spacial score (nSPS) is 40.7. The second kappa shape index (κ2) is 9.31. The summed E-state index contributed by atoms with van der Waals surface area (Å²) in [5.74, 6) is 3.72. The molecule has 0 aromatic heterocycles. The van der Waals surface area contributed by atoms with E-state index >= 15 is 0 Å². The fourth-order valence-electron chi connectivity index (χ4n) is 11.5. The Bertz CT molecular complexity index is 1520. The number of hydrogen-bond acceptors (Lipinski definition) is 6. The number of aliphatic hydroxyl groups excluding tert-OH is 1. The molecule has 43 heavy (non-hydrogen) atoms. The van der Waals surface area contributed by atoms with Crippen molar-refractivity contribution in [2.75, 3.05) is 27.2 Å². The average molecular weight is 585 g/mol. The number of carbonyl (C=O) groups is 1. The molecule has 6 heteroatoms. The van der Waals surface area contributed by atoms with Crippen LogP contribution in [0.2, 0.25) is 0 Å². The summed E-state index contributed by atoms with van der Waals surface area (Å²) in [6.45, 7) is 6.47. The zero-order chi connectivity index (χ0) is 28.7. The number of aliphatic hydroxyl groups is 1. The van der Waals surface area contributed by atoms with Crippen molar-refractivity contribution in [3.05, 3.63) is 57.6 Å². The van der Waals surface area contributed by atoms with E-state index in [1.807, 2.05) is 0 Å². The van der Waals surface area contributed by atoms with E-state index in [2.05, 4.69) is 62.0 Å². The van der Waals surface area contributed by atoms with Gasteiger partial charge in [-0.3, -0.25) is 4.79 Å². The van der Waals surface area contributed by atoms with Gasteiger partial charge in [0.15, 0.2) is 11.9 Å². The first-order valence-corrected chi connectivity index (χ1v) is 16.5. The molecule has 10 rings (SSSR count). The van der Waals surface area contributed by atoms with Gasteiger partial charge < -0.3 is 24.4 Å². The molecule has 2 saturated carbocycles. The summed E-state index contributed by atoms with van der Waals surface area (Å²) < 4.78 is 12.7. The molecule has 6 nitrogen and oxygen atoms in total. The number of carbonyl (C=O) groups excluding carboxylic acids is 1. The van der Waals surface area contributed by atoms with Gasteiger partial charge in [0.2, 0.25) is 0 Å². The third-order valence-corrected chi connectivity index (χ3v) is 13.4. The lowest BCUT2D eigenvalue weighted by Crippen LogP contribution is -2.66. The van der Waals surface area contributed by atoms with Crippen molar-refractivity contribution in [1.82, 2.24) is 9.80 Å². The molecule has 2 saturated heterocycles. The number of ether oxygens (including phenoxy) is 2. The molecular formula is C37H48N2O4. The van der Waals surface area contributed by atoms with Crippen molar-refractivity contribution in [3.8, 4) is 11.5 Å². The van der Waals surface area contributed by atoms with Crippen LogP contribution in [-0.4, -0.2) is 78.3 Å². The standard InChI is InChI=1S/C18H23NO2.C18H21NO2.CH4/c2*1-10-3-4-11-9-13-12-5-6-14(20)17-18(12,7-8-19(13)2)15(11)16(10)21-17;/h3-4,12-14,17,20H,5-9H2,1-2H3;3-4,12-13,17H,5-9H2,1-2H3;1H4/t12?,13-,14+,17+,18+;12?,13-,17+,18+;/m11./s1. The lowest BCUT2D eigenvalue weighted by molar-refractivity contribution is -0.138. The number of benzene rings is 2. The maximum atomic E-state index is 12.6. The summed E-state index contributed by atoms with van der Waals surface area (Å²) in [5.41, 5.74) is 8.30. The van der Waals surface area contributed by atoms with E-state index < -0.39 is 0 Å². The minimum Gasteiger partial charge on any atom is -0.486 e. The minimum atomic E-state index is -0.303. The summed E-state index contributed by atoms with van der Waals surface area (Å²) in [6.07, 6.45) is 7.73. The van der Waals surface area contributed by atoms with Gasteiger partial charge in [0.25, 0.3) is 0 Å². The Labute approximate surface area is 256 Å². The van der Waals surface area contributed by atoms with Gasteiger partial charge in [-0.1, -0.05) is 31.7 Å². The average Bonchev–Trinajstić information content (AvgIpc) is 3.52. The zero-order valence-corrected chi connectivity index (χ0v) is 25.5.